The van der Waals surface area contributed by atoms with E-state index in [4.69, 9.17) is 0 Å². The summed E-state index contributed by atoms with van der Waals surface area (Å²) in [6.07, 6.45) is 3.90. The molecule has 0 saturated heterocycles. The first kappa shape index (κ1) is 11.2. The Bertz CT molecular complexity index is 520. The van der Waals surface area contributed by atoms with Crippen LogP contribution < -0.4 is 5.32 Å². The molecule has 1 atom stereocenters. The van der Waals surface area contributed by atoms with Crippen molar-refractivity contribution in [3.8, 4) is 0 Å². The lowest BCUT2D eigenvalue weighted by Crippen LogP contribution is -2.31. The lowest BCUT2D eigenvalue weighted by atomic mass is 9.85. The number of hydrogen-bond acceptors (Lipinski definition) is 3. The van der Waals surface area contributed by atoms with Gasteiger partial charge < -0.3 is 5.32 Å². The van der Waals surface area contributed by atoms with E-state index in [2.05, 4.69) is 5.32 Å². The summed E-state index contributed by atoms with van der Waals surface area (Å²) in [5.74, 6) is 0.976. The van der Waals surface area contributed by atoms with Gasteiger partial charge in [-0.15, -0.1) is 0 Å². The molecule has 1 aliphatic heterocycles. The summed E-state index contributed by atoms with van der Waals surface area (Å²) in [5.41, 5.74) is 0.951. The quantitative estimate of drug-likeness (QED) is 0.892. The van der Waals surface area contributed by atoms with Crippen molar-refractivity contribution in [3.63, 3.8) is 0 Å². The topological polar surface area (TPSA) is 46.2 Å². The second-order valence-electron chi connectivity index (χ2n) is 5.08. The molecular weight excluding hydrogens is 234 g/mol. The highest BCUT2D eigenvalue weighted by molar-refractivity contribution is 7.91. The van der Waals surface area contributed by atoms with E-state index in [1.165, 1.54) is 19.3 Å². The SMILES string of the molecule is O=S1(=O)CC(NCC2CCC2)c2ccccc21. The van der Waals surface area contributed by atoms with Gasteiger partial charge >= 0.3 is 0 Å². The number of benzene rings is 1. The van der Waals surface area contributed by atoms with E-state index in [9.17, 15) is 8.42 Å². The van der Waals surface area contributed by atoms with Gasteiger partial charge in [-0.2, -0.15) is 0 Å². The first-order valence-electron chi connectivity index (χ1n) is 6.22. The molecule has 17 heavy (non-hydrogen) atoms. The minimum absolute atomic E-state index is 0.00296. The van der Waals surface area contributed by atoms with E-state index in [0.717, 1.165) is 18.0 Å². The van der Waals surface area contributed by atoms with Crippen molar-refractivity contribution in [3.05, 3.63) is 29.8 Å². The number of sulfone groups is 1. The van der Waals surface area contributed by atoms with Crippen molar-refractivity contribution < 1.29 is 8.42 Å². The highest BCUT2D eigenvalue weighted by atomic mass is 32.2. The summed E-state index contributed by atoms with van der Waals surface area (Å²) in [4.78, 5) is 0.520. The van der Waals surface area contributed by atoms with Crippen LogP contribution in [0.25, 0.3) is 0 Å². The highest BCUT2D eigenvalue weighted by Gasteiger charge is 2.34. The van der Waals surface area contributed by atoms with Gasteiger partial charge in [-0.3, -0.25) is 0 Å². The van der Waals surface area contributed by atoms with Crippen LogP contribution in [0.2, 0.25) is 0 Å². The Balaban J connectivity index is 1.79. The van der Waals surface area contributed by atoms with Crippen LogP contribution in [0.15, 0.2) is 29.2 Å². The van der Waals surface area contributed by atoms with E-state index in [-0.39, 0.29) is 11.8 Å². The van der Waals surface area contributed by atoms with Crippen LogP contribution in [0.4, 0.5) is 0 Å². The fourth-order valence-electron chi connectivity index (χ4n) is 2.63. The van der Waals surface area contributed by atoms with Crippen molar-refractivity contribution in [2.24, 2.45) is 5.92 Å². The fraction of sp³-hybridized carbons (Fsp3) is 0.538. The Morgan fingerprint density at radius 1 is 1.24 bits per heavy atom. The van der Waals surface area contributed by atoms with E-state index in [1.54, 1.807) is 12.1 Å². The minimum atomic E-state index is -3.05. The molecular formula is C13H17NO2S. The predicted octanol–water partition coefficient (Wildman–Crippen LogP) is 1.90. The maximum Gasteiger partial charge on any atom is 0.180 e. The molecule has 4 heteroatoms. The third-order valence-corrected chi connectivity index (χ3v) is 5.71. The van der Waals surface area contributed by atoms with Crippen molar-refractivity contribution in [2.45, 2.75) is 30.2 Å². The molecule has 1 aromatic rings. The molecule has 1 fully saturated rings. The zero-order valence-electron chi connectivity index (χ0n) is 9.72. The molecule has 0 amide bonds. The second-order valence-corrected chi connectivity index (χ2v) is 7.08. The number of rotatable bonds is 3. The monoisotopic (exact) mass is 251 g/mol. The van der Waals surface area contributed by atoms with Crippen LogP contribution in [-0.2, 0) is 9.84 Å². The second kappa shape index (κ2) is 4.10. The van der Waals surface area contributed by atoms with Gasteiger partial charge in [0.05, 0.1) is 10.6 Å². The molecule has 2 aliphatic rings. The average Bonchev–Trinajstić information content (AvgIpc) is 2.50. The van der Waals surface area contributed by atoms with Crippen LogP contribution >= 0.6 is 0 Å². The van der Waals surface area contributed by atoms with E-state index < -0.39 is 9.84 Å². The molecule has 0 radical (unpaired) electrons. The van der Waals surface area contributed by atoms with Gasteiger partial charge in [-0.1, -0.05) is 24.6 Å². The van der Waals surface area contributed by atoms with E-state index >= 15 is 0 Å². The van der Waals surface area contributed by atoms with Crippen molar-refractivity contribution in [1.29, 1.82) is 0 Å². The molecule has 1 aromatic carbocycles. The van der Waals surface area contributed by atoms with Gasteiger partial charge in [0.25, 0.3) is 0 Å². The van der Waals surface area contributed by atoms with Gasteiger partial charge in [0.1, 0.15) is 0 Å². The Morgan fingerprint density at radius 2 is 2.00 bits per heavy atom. The van der Waals surface area contributed by atoms with E-state index in [1.807, 2.05) is 12.1 Å². The van der Waals surface area contributed by atoms with Crippen LogP contribution in [0, 0.1) is 5.92 Å². The Hall–Kier alpha value is -0.870. The maximum atomic E-state index is 12.0. The summed E-state index contributed by atoms with van der Waals surface area (Å²) >= 11 is 0. The predicted molar refractivity (Wildman–Crippen MR) is 66.6 cm³/mol. The van der Waals surface area contributed by atoms with E-state index in [0.29, 0.717) is 4.90 Å². The lowest BCUT2D eigenvalue weighted by molar-refractivity contribution is 0.293. The molecule has 1 aliphatic carbocycles. The zero-order chi connectivity index (χ0) is 11.9. The third kappa shape index (κ3) is 2.00. The van der Waals surface area contributed by atoms with Crippen molar-refractivity contribution in [2.75, 3.05) is 12.3 Å². The lowest BCUT2D eigenvalue weighted by Gasteiger charge is -2.27. The minimum Gasteiger partial charge on any atom is -0.309 e. The van der Waals surface area contributed by atoms with Crippen LogP contribution in [0.1, 0.15) is 30.9 Å². The van der Waals surface area contributed by atoms with Gasteiger partial charge in [-0.05, 0) is 36.9 Å². The Labute approximate surface area is 102 Å². The number of hydrogen-bond donors (Lipinski definition) is 1. The fourth-order valence-corrected chi connectivity index (χ4v) is 4.40. The molecule has 1 N–H and O–H groups in total. The summed E-state index contributed by atoms with van der Waals surface area (Å²) in [5, 5.41) is 3.42. The average molecular weight is 251 g/mol. The zero-order valence-corrected chi connectivity index (χ0v) is 10.5. The van der Waals surface area contributed by atoms with Crippen molar-refractivity contribution in [1.82, 2.24) is 5.32 Å². The number of fused-ring (bicyclic) bond motifs is 1. The highest BCUT2D eigenvalue weighted by Crippen LogP contribution is 2.34. The Morgan fingerprint density at radius 3 is 2.71 bits per heavy atom. The smallest absolute Gasteiger partial charge is 0.180 e. The Kier molecular flexibility index (Phi) is 2.71. The van der Waals surface area contributed by atoms with Crippen LogP contribution in [-0.4, -0.2) is 20.7 Å². The first-order chi connectivity index (χ1) is 8.17. The van der Waals surface area contributed by atoms with Crippen LogP contribution in [0.5, 0.6) is 0 Å². The van der Waals surface area contributed by atoms with Gasteiger partial charge in [0, 0.05) is 6.04 Å². The van der Waals surface area contributed by atoms with Crippen molar-refractivity contribution >= 4 is 9.84 Å². The maximum absolute atomic E-state index is 12.0. The molecule has 0 spiro atoms. The molecule has 0 bridgehead atoms. The molecule has 1 heterocycles. The molecule has 3 rings (SSSR count). The summed E-state index contributed by atoms with van der Waals surface area (Å²) in [7, 11) is -3.05. The van der Waals surface area contributed by atoms with Gasteiger partial charge in [-0.25, -0.2) is 8.42 Å². The third-order valence-electron chi connectivity index (χ3n) is 3.89. The van der Waals surface area contributed by atoms with Gasteiger partial charge in [0.2, 0.25) is 0 Å². The summed E-state index contributed by atoms with van der Waals surface area (Å²) < 4.78 is 23.9. The van der Waals surface area contributed by atoms with Gasteiger partial charge in [0.15, 0.2) is 9.84 Å². The summed E-state index contributed by atoms with van der Waals surface area (Å²) in [6, 6.07) is 7.35. The number of nitrogens with one attached hydrogen (secondary N) is 1. The summed E-state index contributed by atoms with van der Waals surface area (Å²) in [6.45, 7) is 0.953. The molecule has 0 aromatic heterocycles. The normalized spacial score (nSPS) is 26.5. The molecule has 1 unspecified atom stereocenters. The first-order valence-corrected chi connectivity index (χ1v) is 7.87. The standard InChI is InChI=1S/C13H17NO2S/c15-17(16)9-12(14-8-10-4-3-5-10)11-6-1-2-7-13(11)17/h1-2,6-7,10,12,14H,3-5,8-9H2. The molecule has 92 valence electrons. The molecule has 1 saturated carbocycles. The largest absolute Gasteiger partial charge is 0.309 e. The molecule has 3 nitrogen and oxygen atoms in total. The van der Waals surface area contributed by atoms with Crippen LogP contribution in [0.3, 0.4) is 0 Å².